The molecule has 1 unspecified atom stereocenters. The van der Waals surface area contributed by atoms with Crippen molar-refractivity contribution in [3.63, 3.8) is 0 Å². The summed E-state index contributed by atoms with van der Waals surface area (Å²) in [5, 5.41) is 19.4. The molecular formula is C18H20O7. The average Bonchev–Trinajstić information content (AvgIpc) is 2.62. The Labute approximate surface area is 144 Å². The second-order valence-corrected chi connectivity index (χ2v) is 5.28. The Kier molecular flexibility index (Phi) is 6.19. The molecule has 7 heteroatoms. The predicted octanol–water partition coefficient (Wildman–Crippen LogP) is 1.93. The van der Waals surface area contributed by atoms with Crippen LogP contribution in [0.4, 0.5) is 0 Å². The summed E-state index contributed by atoms with van der Waals surface area (Å²) in [4.78, 5) is 23.9. The molecule has 7 nitrogen and oxygen atoms in total. The Hall–Kier alpha value is -2.80. The van der Waals surface area contributed by atoms with E-state index in [0.717, 1.165) is 6.07 Å². The first-order chi connectivity index (χ1) is 12.0. The van der Waals surface area contributed by atoms with Crippen molar-refractivity contribution in [2.75, 3.05) is 13.7 Å². The molecule has 134 valence electrons. The zero-order valence-electron chi connectivity index (χ0n) is 14.0. The molecule has 0 saturated carbocycles. The molecule has 0 radical (unpaired) electrons. The van der Waals surface area contributed by atoms with E-state index in [-0.39, 0.29) is 24.5 Å². The van der Waals surface area contributed by atoms with E-state index in [1.165, 1.54) is 7.11 Å². The van der Waals surface area contributed by atoms with Crippen LogP contribution in [0, 0.1) is 0 Å². The molecule has 0 saturated heterocycles. The number of carbonyl (C=O) groups excluding carboxylic acids is 1. The molecule has 1 aromatic carbocycles. The van der Waals surface area contributed by atoms with Gasteiger partial charge in [0.15, 0.2) is 5.76 Å². The third-order valence-corrected chi connectivity index (χ3v) is 3.67. The van der Waals surface area contributed by atoms with Crippen molar-refractivity contribution >= 4 is 5.97 Å². The molecule has 0 aliphatic heterocycles. The van der Waals surface area contributed by atoms with Crippen molar-refractivity contribution in [2.24, 2.45) is 0 Å². The van der Waals surface area contributed by atoms with Gasteiger partial charge in [-0.25, -0.2) is 0 Å². The molecule has 1 aromatic heterocycles. The van der Waals surface area contributed by atoms with Crippen LogP contribution in [0.25, 0.3) is 0 Å². The molecule has 0 spiro atoms. The first kappa shape index (κ1) is 18.5. The molecule has 0 aliphatic carbocycles. The minimum atomic E-state index is -0.746. The van der Waals surface area contributed by atoms with Gasteiger partial charge in [0.25, 0.3) is 0 Å². The molecule has 0 aliphatic rings. The number of aromatic hydroxyl groups is 1. The van der Waals surface area contributed by atoms with Gasteiger partial charge in [0.05, 0.1) is 26.1 Å². The Morgan fingerprint density at radius 2 is 1.96 bits per heavy atom. The zero-order chi connectivity index (χ0) is 18.4. The number of ether oxygens (including phenoxy) is 2. The molecule has 0 bridgehead atoms. The zero-order valence-corrected chi connectivity index (χ0v) is 14.0. The quantitative estimate of drug-likeness (QED) is 0.736. The summed E-state index contributed by atoms with van der Waals surface area (Å²) in [5.41, 5.74) is -0.0601. The summed E-state index contributed by atoms with van der Waals surface area (Å²) in [6.45, 7) is 1.39. The van der Waals surface area contributed by atoms with Gasteiger partial charge in [-0.2, -0.15) is 0 Å². The number of aliphatic hydroxyl groups is 1. The SMILES string of the molecule is CCOC(=O)CC(c1ccc(OC)cc1)c1oc(CO)cc(=O)c1O. The maximum absolute atomic E-state index is 12.0. The predicted molar refractivity (Wildman–Crippen MR) is 88.7 cm³/mol. The lowest BCUT2D eigenvalue weighted by atomic mass is 9.92. The molecule has 1 atom stereocenters. The van der Waals surface area contributed by atoms with E-state index in [4.69, 9.17) is 13.9 Å². The molecule has 2 N–H and O–H groups in total. The van der Waals surface area contributed by atoms with Crippen molar-refractivity contribution in [1.82, 2.24) is 0 Å². The second kappa shape index (κ2) is 8.34. The maximum Gasteiger partial charge on any atom is 0.306 e. The summed E-state index contributed by atoms with van der Waals surface area (Å²) in [7, 11) is 1.53. The van der Waals surface area contributed by atoms with Crippen LogP contribution in [0.5, 0.6) is 11.5 Å². The Bertz CT molecular complexity index is 777. The van der Waals surface area contributed by atoms with E-state index in [0.29, 0.717) is 11.3 Å². The van der Waals surface area contributed by atoms with Crippen LogP contribution < -0.4 is 10.2 Å². The summed E-state index contributed by atoms with van der Waals surface area (Å²) in [6, 6.07) is 7.80. The number of methoxy groups -OCH3 is 1. The molecule has 1 heterocycles. The second-order valence-electron chi connectivity index (χ2n) is 5.28. The van der Waals surface area contributed by atoms with Crippen molar-refractivity contribution in [3.05, 3.63) is 57.6 Å². The Balaban J connectivity index is 2.52. The first-order valence-electron chi connectivity index (χ1n) is 7.76. The highest BCUT2D eigenvalue weighted by Gasteiger charge is 2.26. The van der Waals surface area contributed by atoms with Gasteiger partial charge in [0.2, 0.25) is 11.2 Å². The van der Waals surface area contributed by atoms with E-state index >= 15 is 0 Å². The van der Waals surface area contributed by atoms with Crippen LogP contribution in [0.1, 0.15) is 36.3 Å². The fraction of sp³-hybridized carbons (Fsp3) is 0.333. The highest BCUT2D eigenvalue weighted by Crippen LogP contribution is 2.34. The summed E-state index contributed by atoms with van der Waals surface area (Å²) >= 11 is 0. The van der Waals surface area contributed by atoms with Gasteiger partial charge in [-0.3, -0.25) is 9.59 Å². The first-order valence-corrected chi connectivity index (χ1v) is 7.76. The third-order valence-electron chi connectivity index (χ3n) is 3.67. The summed E-state index contributed by atoms with van der Waals surface area (Å²) < 4.78 is 15.5. The lowest BCUT2D eigenvalue weighted by Crippen LogP contribution is -2.15. The van der Waals surface area contributed by atoms with E-state index in [9.17, 15) is 19.8 Å². The normalized spacial score (nSPS) is 11.8. The maximum atomic E-state index is 12.0. The lowest BCUT2D eigenvalue weighted by Gasteiger charge is -2.17. The van der Waals surface area contributed by atoms with Gasteiger partial charge in [-0.1, -0.05) is 12.1 Å². The number of carbonyl (C=O) groups is 1. The monoisotopic (exact) mass is 348 g/mol. The molecule has 0 fully saturated rings. The van der Waals surface area contributed by atoms with Gasteiger partial charge in [-0.05, 0) is 24.6 Å². The molecule has 25 heavy (non-hydrogen) atoms. The number of esters is 1. The number of rotatable bonds is 7. The standard InChI is InChI=1S/C18H20O7/c1-3-24-16(21)9-14(11-4-6-12(23-2)7-5-11)18-17(22)15(20)8-13(10-19)25-18/h4-8,14,19,22H,3,9-10H2,1-2H3. The van der Waals surface area contributed by atoms with E-state index in [2.05, 4.69) is 0 Å². The smallest absolute Gasteiger partial charge is 0.306 e. The Morgan fingerprint density at radius 3 is 2.52 bits per heavy atom. The Morgan fingerprint density at radius 1 is 1.28 bits per heavy atom. The largest absolute Gasteiger partial charge is 0.502 e. The van der Waals surface area contributed by atoms with Crippen molar-refractivity contribution in [1.29, 1.82) is 0 Å². The number of benzene rings is 1. The number of aliphatic hydroxyl groups excluding tert-OH is 1. The van der Waals surface area contributed by atoms with Gasteiger partial charge in [0, 0.05) is 6.07 Å². The molecule has 2 aromatic rings. The fourth-order valence-electron chi connectivity index (χ4n) is 2.45. The average molecular weight is 348 g/mol. The summed E-state index contributed by atoms with van der Waals surface area (Å²) in [5.74, 6) is -1.31. The van der Waals surface area contributed by atoms with Crippen LogP contribution in [0.15, 0.2) is 39.5 Å². The molecule has 2 rings (SSSR count). The van der Waals surface area contributed by atoms with Gasteiger partial charge in [-0.15, -0.1) is 0 Å². The highest BCUT2D eigenvalue weighted by molar-refractivity contribution is 5.71. The minimum absolute atomic E-state index is 0.000158. The molecular weight excluding hydrogens is 328 g/mol. The van der Waals surface area contributed by atoms with Crippen LogP contribution in [0.2, 0.25) is 0 Å². The topological polar surface area (TPSA) is 106 Å². The van der Waals surface area contributed by atoms with Crippen molar-refractivity contribution in [3.8, 4) is 11.5 Å². The molecule has 0 amide bonds. The number of hydrogen-bond acceptors (Lipinski definition) is 7. The van der Waals surface area contributed by atoms with E-state index in [1.54, 1.807) is 31.2 Å². The van der Waals surface area contributed by atoms with Gasteiger partial charge in [0.1, 0.15) is 18.1 Å². The van der Waals surface area contributed by atoms with E-state index in [1.807, 2.05) is 0 Å². The lowest BCUT2D eigenvalue weighted by molar-refractivity contribution is -0.143. The van der Waals surface area contributed by atoms with Crippen LogP contribution in [-0.2, 0) is 16.1 Å². The van der Waals surface area contributed by atoms with Crippen LogP contribution in [-0.4, -0.2) is 29.9 Å². The minimum Gasteiger partial charge on any atom is -0.502 e. The fourth-order valence-corrected chi connectivity index (χ4v) is 2.45. The highest BCUT2D eigenvalue weighted by atomic mass is 16.5. The van der Waals surface area contributed by atoms with Gasteiger partial charge >= 0.3 is 5.97 Å². The van der Waals surface area contributed by atoms with Crippen molar-refractivity contribution in [2.45, 2.75) is 25.9 Å². The number of hydrogen-bond donors (Lipinski definition) is 2. The third kappa shape index (κ3) is 4.39. The van der Waals surface area contributed by atoms with Crippen molar-refractivity contribution < 1.29 is 28.9 Å². The summed E-state index contributed by atoms with van der Waals surface area (Å²) in [6.07, 6.45) is -0.133. The van der Waals surface area contributed by atoms with Crippen LogP contribution in [0.3, 0.4) is 0 Å². The van der Waals surface area contributed by atoms with E-state index < -0.39 is 29.7 Å². The van der Waals surface area contributed by atoms with Crippen LogP contribution >= 0.6 is 0 Å². The van der Waals surface area contributed by atoms with Gasteiger partial charge < -0.3 is 24.1 Å².